The van der Waals surface area contributed by atoms with Gasteiger partial charge in [0.1, 0.15) is 29.0 Å². The number of rotatable bonds is 24. The van der Waals surface area contributed by atoms with E-state index in [0.29, 0.717) is 18.6 Å². The summed E-state index contributed by atoms with van der Waals surface area (Å²) in [6, 6.07) is 12.0. The molecular formula is C47H53N7O15. The second-order valence-electron chi connectivity index (χ2n) is 16.1. The lowest BCUT2D eigenvalue weighted by Crippen LogP contribution is -2.54. The van der Waals surface area contributed by atoms with Gasteiger partial charge in [-0.25, -0.2) is 0 Å². The number of hydrogen-bond acceptors (Lipinski definition) is 16. The van der Waals surface area contributed by atoms with Gasteiger partial charge in [0.2, 0.25) is 11.8 Å². The first-order valence-corrected chi connectivity index (χ1v) is 22.0. The van der Waals surface area contributed by atoms with Crippen molar-refractivity contribution in [3.05, 3.63) is 99.8 Å². The minimum atomic E-state index is -1.13. The van der Waals surface area contributed by atoms with Gasteiger partial charge in [0.05, 0.1) is 62.4 Å². The van der Waals surface area contributed by atoms with E-state index in [1.807, 2.05) is 6.07 Å². The normalized spacial score (nSPS) is 16.3. The summed E-state index contributed by atoms with van der Waals surface area (Å²) in [7, 11) is 3.06. The first-order chi connectivity index (χ1) is 33.1. The van der Waals surface area contributed by atoms with Gasteiger partial charge < -0.3 is 55.4 Å². The number of phenolic OH excluding ortho intramolecular Hbond substituents is 1. The van der Waals surface area contributed by atoms with Crippen molar-refractivity contribution in [3.8, 4) is 17.2 Å². The molecule has 8 amide bonds. The fourth-order valence-electron chi connectivity index (χ4n) is 7.52. The first-order valence-electron chi connectivity index (χ1n) is 22.0. The van der Waals surface area contributed by atoms with Crippen LogP contribution in [0.2, 0.25) is 0 Å². The van der Waals surface area contributed by atoms with Crippen molar-refractivity contribution in [3.63, 3.8) is 0 Å². The van der Waals surface area contributed by atoms with Crippen LogP contribution in [0.3, 0.4) is 0 Å². The van der Waals surface area contributed by atoms with E-state index in [4.69, 9.17) is 29.4 Å². The number of aryl methyl sites for hydroxylation is 1. The number of amides is 8. The van der Waals surface area contributed by atoms with E-state index in [9.17, 15) is 48.3 Å². The van der Waals surface area contributed by atoms with E-state index < -0.39 is 65.8 Å². The summed E-state index contributed by atoms with van der Waals surface area (Å²) in [5.74, 6) is -5.18. The fourth-order valence-corrected chi connectivity index (χ4v) is 7.52. The Balaban J connectivity index is 0.782. The molecule has 0 spiro atoms. The molecule has 1 unspecified atom stereocenters. The highest BCUT2D eigenvalue weighted by atomic mass is 16.5. The second kappa shape index (κ2) is 23.9. The maximum absolute atomic E-state index is 13.2. The Bertz CT molecular complexity index is 2530. The lowest BCUT2D eigenvalue weighted by molar-refractivity contribution is -0.136. The topological polar surface area (TPSA) is 301 Å². The summed E-state index contributed by atoms with van der Waals surface area (Å²) in [6.45, 7) is 1.16. The summed E-state index contributed by atoms with van der Waals surface area (Å²) in [6.07, 6.45) is 2.21. The highest BCUT2D eigenvalue weighted by Gasteiger charge is 2.46. The Morgan fingerprint density at radius 1 is 0.812 bits per heavy atom. The number of ether oxygens (including phenoxy) is 5. The number of carbonyl (C=O) groups excluding carboxylic acids is 9. The first kappa shape index (κ1) is 50.7. The van der Waals surface area contributed by atoms with Crippen molar-refractivity contribution in [2.24, 2.45) is 5.73 Å². The van der Waals surface area contributed by atoms with Crippen LogP contribution in [-0.2, 0) is 44.6 Å². The molecular weight excluding hydrogens is 903 g/mol. The molecule has 3 aromatic rings. The van der Waals surface area contributed by atoms with Crippen molar-refractivity contribution in [1.82, 2.24) is 31.1 Å². The molecule has 0 radical (unpaired) electrons. The van der Waals surface area contributed by atoms with Gasteiger partial charge in [-0.1, -0.05) is 12.1 Å². The number of fused-ring (bicyclic) bond motifs is 2. The molecule has 6 rings (SSSR count). The molecule has 1 saturated heterocycles. The largest absolute Gasteiger partial charge is 0.507 e. The van der Waals surface area contributed by atoms with E-state index in [0.717, 1.165) is 28.2 Å². The molecule has 1 fully saturated rings. The minimum Gasteiger partial charge on any atom is -0.507 e. The SMILES string of the molecule is CN(C)C(=O)c1ccc(C(=O)C=C(N)C(=O)N[C@@H]2CCc3ccc(OCC(=O)NCCOCCOCCOCCNC(=O)COc4cccc5c4C(=O)N(C4CCC(=O)NC4=O)C5=O)cc32)cc1O. The maximum Gasteiger partial charge on any atom is 0.267 e. The van der Waals surface area contributed by atoms with Crippen molar-refractivity contribution in [2.75, 3.05) is 80.0 Å². The van der Waals surface area contributed by atoms with Gasteiger partial charge in [0.15, 0.2) is 19.0 Å². The Labute approximate surface area is 395 Å². The lowest BCUT2D eigenvalue weighted by atomic mass is 10.0. The van der Waals surface area contributed by atoms with E-state index in [-0.39, 0.29) is 118 Å². The van der Waals surface area contributed by atoms with Gasteiger partial charge in [-0.15, -0.1) is 0 Å². The average Bonchev–Trinajstić information content (AvgIpc) is 3.84. The molecule has 2 heterocycles. The Morgan fingerprint density at radius 2 is 1.48 bits per heavy atom. The zero-order valence-electron chi connectivity index (χ0n) is 38.0. The molecule has 7 N–H and O–H groups in total. The summed E-state index contributed by atoms with van der Waals surface area (Å²) >= 11 is 0. The number of imide groups is 2. The third-order valence-electron chi connectivity index (χ3n) is 11.0. The summed E-state index contributed by atoms with van der Waals surface area (Å²) in [5, 5.41) is 20.6. The quantitative estimate of drug-likeness (QED) is 0.0300. The van der Waals surface area contributed by atoms with Crippen LogP contribution in [0.25, 0.3) is 0 Å². The molecule has 3 aromatic carbocycles. The van der Waals surface area contributed by atoms with Crippen molar-refractivity contribution >= 4 is 53.0 Å². The zero-order chi connectivity index (χ0) is 49.6. The van der Waals surface area contributed by atoms with Crippen LogP contribution < -0.4 is 36.5 Å². The summed E-state index contributed by atoms with van der Waals surface area (Å²) < 4.78 is 27.7. The van der Waals surface area contributed by atoms with Gasteiger partial charge in [-0.3, -0.25) is 53.4 Å². The zero-order valence-corrected chi connectivity index (χ0v) is 38.0. The lowest BCUT2D eigenvalue weighted by Gasteiger charge is -2.27. The monoisotopic (exact) mass is 955 g/mol. The molecule has 0 saturated carbocycles. The van der Waals surface area contributed by atoms with Crippen LogP contribution in [0.5, 0.6) is 17.2 Å². The highest BCUT2D eigenvalue weighted by Crippen LogP contribution is 2.35. The maximum atomic E-state index is 13.2. The van der Waals surface area contributed by atoms with Crippen LogP contribution in [0.15, 0.2) is 66.4 Å². The van der Waals surface area contributed by atoms with Gasteiger partial charge in [-0.2, -0.15) is 0 Å². The van der Waals surface area contributed by atoms with E-state index >= 15 is 0 Å². The van der Waals surface area contributed by atoms with Crippen molar-refractivity contribution in [2.45, 2.75) is 37.8 Å². The smallest absolute Gasteiger partial charge is 0.267 e. The van der Waals surface area contributed by atoms with E-state index in [1.54, 1.807) is 12.1 Å². The number of allylic oxidation sites excluding steroid dienone is 1. The molecule has 3 aliphatic rings. The minimum absolute atomic E-state index is 0.0114. The Kier molecular flexibility index (Phi) is 17.5. The number of benzene rings is 3. The van der Waals surface area contributed by atoms with Gasteiger partial charge >= 0.3 is 0 Å². The number of hydrogen-bond donors (Lipinski definition) is 6. The average molecular weight is 956 g/mol. The van der Waals surface area contributed by atoms with Crippen LogP contribution in [0, 0.1) is 0 Å². The van der Waals surface area contributed by atoms with E-state index in [2.05, 4.69) is 21.3 Å². The molecule has 1 aliphatic carbocycles. The molecule has 0 bridgehead atoms. The van der Waals surface area contributed by atoms with Gasteiger partial charge in [0, 0.05) is 45.2 Å². The number of phenols is 1. The molecule has 22 heteroatoms. The standard InChI is InChI=1S/C47H53N7O15/c1-53(2)45(62)30-10-7-28(22-37(30)56)36(55)24-33(48)43(60)51-34-11-8-27-6-9-29(23-32(27)34)68-25-40(58)49-14-16-65-18-20-67-21-19-66-17-15-50-41(59)26-69-38-5-3-4-31-42(38)47(64)54(46(31)63)35-12-13-39(57)52-44(35)61/h3-7,9-10,22-24,34-35,56H,8,11-21,25-26,48H2,1-2H3,(H,49,58)(H,50,59)(H,51,60)(H,52,57,61)/t34-,35?/m1/s1. The molecule has 69 heavy (non-hydrogen) atoms. The summed E-state index contributed by atoms with van der Waals surface area (Å²) in [5.41, 5.74) is 7.45. The molecule has 2 aliphatic heterocycles. The van der Waals surface area contributed by atoms with Crippen LogP contribution in [-0.4, -0.2) is 154 Å². The van der Waals surface area contributed by atoms with Gasteiger partial charge in [-0.05, 0) is 72.9 Å². The fraction of sp³-hybridized carbons (Fsp3) is 0.383. The van der Waals surface area contributed by atoms with Crippen LogP contribution >= 0.6 is 0 Å². The molecule has 22 nitrogen and oxygen atoms in total. The molecule has 2 atom stereocenters. The van der Waals surface area contributed by atoms with Gasteiger partial charge in [0.25, 0.3) is 35.4 Å². The van der Waals surface area contributed by atoms with Crippen LogP contribution in [0.1, 0.15) is 77.9 Å². The predicted octanol–water partition coefficient (Wildman–Crippen LogP) is 0.0642. The third-order valence-corrected chi connectivity index (χ3v) is 11.0. The second-order valence-corrected chi connectivity index (χ2v) is 16.1. The highest BCUT2D eigenvalue weighted by molar-refractivity contribution is 6.24. The number of ketones is 1. The summed E-state index contributed by atoms with van der Waals surface area (Å²) in [4.78, 5) is 115. The number of nitrogens with two attached hydrogens (primary N) is 1. The number of nitrogens with one attached hydrogen (secondary N) is 4. The Hall–Kier alpha value is -7.69. The van der Waals surface area contributed by atoms with Crippen molar-refractivity contribution in [1.29, 1.82) is 0 Å². The predicted molar refractivity (Wildman–Crippen MR) is 241 cm³/mol. The molecule has 366 valence electrons. The van der Waals surface area contributed by atoms with E-state index in [1.165, 1.54) is 49.3 Å². The third kappa shape index (κ3) is 13.3. The Morgan fingerprint density at radius 3 is 2.13 bits per heavy atom. The van der Waals surface area contributed by atoms with Crippen molar-refractivity contribution < 1.29 is 71.9 Å². The van der Waals surface area contributed by atoms with Crippen LogP contribution in [0.4, 0.5) is 0 Å². The number of nitrogens with zero attached hydrogens (tertiary/aromatic N) is 2. The number of carbonyl (C=O) groups is 9. The number of piperidine rings is 1. The molecule has 0 aromatic heterocycles. The number of aromatic hydroxyl groups is 1.